The minimum absolute atomic E-state index is 0.00788. The third-order valence-corrected chi connectivity index (χ3v) is 4.32. The van der Waals surface area contributed by atoms with E-state index in [0.717, 1.165) is 0 Å². The van der Waals surface area contributed by atoms with E-state index in [0.29, 0.717) is 17.3 Å². The molecule has 1 heterocycles. The predicted octanol–water partition coefficient (Wildman–Crippen LogP) is 4.80. The highest BCUT2D eigenvalue weighted by Crippen LogP contribution is 2.42. The number of amides is 1. The van der Waals surface area contributed by atoms with Gasteiger partial charge in [0.05, 0.1) is 11.6 Å². The van der Waals surface area contributed by atoms with Crippen molar-refractivity contribution in [2.75, 3.05) is 5.32 Å². The lowest BCUT2D eigenvalue weighted by atomic mass is 9.78. The number of hydrogen-bond donors (Lipinski definition) is 1. The van der Waals surface area contributed by atoms with Crippen molar-refractivity contribution in [2.24, 2.45) is 11.8 Å². The van der Waals surface area contributed by atoms with E-state index in [2.05, 4.69) is 26.2 Å². The Bertz CT molecular complexity index is 539. The number of carbonyl (C=O) groups excluding carboxylic acids is 1. The van der Waals surface area contributed by atoms with Gasteiger partial charge in [0, 0.05) is 16.6 Å². The van der Waals surface area contributed by atoms with E-state index in [4.69, 9.17) is 11.6 Å². The molecular formula is C13H13BrClF3N2O. The van der Waals surface area contributed by atoms with E-state index in [1.807, 2.05) is 0 Å². The van der Waals surface area contributed by atoms with Gasteiger partial charge in [-0.15, -0.1) is 0 Å². The average Bonchev–Trinajstić information content (AvgIpc) is 2.42. The summed E-state index contributed by atoms with van der Waals surface area (Å²) < 4.78 is 39.6. The van der Waals surface area contributed by atoms with E-state index in [-0.39, 0.29) is 23.7 Å². The number of hydrogen-bond acceptors (Lipinski definition) is 2. The van der Waals surface area contributed by atoms with Gasteiger partial charge >= 0.3 is 6.18 Å². The van der Waals surface area contributed by atoms with Crippen molar-refractivity contribution in [3.8, 4) is 0 Å². The Balaban J connectivity index is 2.16. The molecule has 0 saturated heterocycles. The summed E-state index contributed by atoms with van der Waals surface area (Å²) in [7, 11) is 0. The normalized spacial score (nSPS) is 22.9. The van der Waals surface area contributed by atoms with Crippen molar-refractivity contribution in [3.05, 3.63) is 21.9 Å². The molecule has 1 amide bonds. The quantitative estimate of drug-likeness (QED) is 0.743. The second kappa shape index (κ2) is 6.52. The third kappa shape index (κ3) is 4.10. The van der Waals surface area contributed by atoms with Crippen LogP contribution < -0.4 is 5.32 Å². The van der Waals surface area contributed by atoms with E-state index >= 15 is 0 Å². The Kier molecular flexibility index (Phi) is 5.14. The van der Waals surface area contributed by atoms with Crippen molar-refractivity contribution >= 4 is 39.1 Å². The molecule has 1 fully saturated rings. The summed E-state index contributed by atoms with van der Waals surface area (Å²) in [6.07, 6.45) is -1.58. The fourth-order valence-corrected chi connectivity index (χ4v) is 3.05. The van der Waals surface area contributed by atoms with Crippen LogP contribution in [-0.4, -0.2) is 17.1 Å². The largest absolute Gasteiger partial charge is 0.392 e. The van der Waals surface area contributed by atoms with Crippen molar-refractivity contribution < 1.29 is 18.0 Å². The van der Waals surface area contributed by atoms with Gasteiger partial charge in [0.15, 0.2) is 5.15 Å². The predicted molar refractivity (Wildman–Crippen MR) is 77.1 cm³/mol. The SMILES string of the molecule is O=C(Nc1cc(Br)cnc1Cl)C1CCCCC1C(F)(F)F. The number of rotatable bonds is 2. The van der Waals surface area contributed by atoms with E-state index in [1.165, 1.54) is 12.3 Å². The molecule has 0 aliphatic heterocycles. The molecule has 1 aliphatic rings. The zero-order chi connectivity index (χ0) is 15.6. The van der Waals surface area contributed by atoms with Crippen LogP contribution in [0.25, 0.3) is 0 Å². The maximum atomic E-state index is 13.0. The summed E-state index contributed by atoms with van der Waals surface area (Å²) in [4.78, 5) is 16.0. The summed E-state index contributed by atoms with van der Waals surface area (Å²) >= 11 is 9.01. The van der Waals surface area contributed by atoms with Gasteiger partial charge < -0.3 is 5.32 Å². The monoisotopic (exact) mass is 384 g/mol. The van der Waals surface area contributed by atoms with Gasteiger partial charge in [-0.3, -0.25) is 4.79 Å². The number of anilines is 1. The molecule has 0 aromatic carbocycles. The van der Waals surface area contributed by atoms with Gasteiger partial charge in [-0.2, -0.15) is 13.2 Å². The maximum absolute atomic E-state index is 13.0. The first-order valence-electron chi connectivity index (χ1n) is 6.47. The Morgan fingerprint density at radius 2 is 2.05 bits per heavy atom. The molecule has 1 saturated carbocycles. The molecule has 116 valence electrons. The van der Waals surface area contributed by atoms with Gasteiger partial charge in [0.2, 0.25) is 5.91 Å². The molecule has 2 rings (SSSR count). The lowest BCUT2D eigenvalue weighted by Gasteiger charge is -2.32. The lowest BCUT2D eigenvalue weighted by molar-refractivity contribution is -0.197. The highest BCUT2D eigenvalue weighted by Gasteiger charge is 2.48. The van der Waals surface area contributed by atoms with E-state index < -0.39 is 23.9 Å². The smallest absolute Gasteiger partial charge is 0.323 e. The number of carbonyl (C=O) groups is 1. The summed E-state index contributed by atoms with van der Waals surface area (Å²) in [5, 5.41) is 2.51. The van der Waals surface area contributed by atoms with E-state index in [9.17, 15) is 18.0 Å². The third-order valence-electron chi connectivity index (χ3n) is 3.59. The van der Waals surface area contributed by atoms with Crippen LogP contribution in [0.1, 0.15) is 25.7 Å². The van der Waals surface area contributed by atoms with Gasteiger partial charge in [0.25, 0.3) is 0 Å². The summed E-state index contributed by atoms with van der Waals surface area (Å²) in [5.41, 5.74) is 0.211. The van der Waals surface area contributed by atoms with Crippen molar-refractivity contribution in [2.45, 2.75) is 31.9 Å². The highest BCUT2D eigenvalue weighted by molar-refractivity contribution is 9.10. The summed E-state index contributed by atoms with van der Waals surface area (Å²) in [6.45, 7) is 0. The number of halogens is 5. The minimum Gasteiger partial charge on any atom is -0.323 e. The van der Waals surface area contributed by atoms with Crippen molar-refractivity contribution in [1.29, 1.82) is 0 Å². The Morgan fingerprint density at radius 1 is 1.38 bits per heavy atom. The lowest BCUT2D eigenvalue weighted by Crippen LogP contribution is -2.39. The number of aromatic nitrogens is 1. The molecule has 3 nitrogen and oxygen atoms in total. The molecule has 0 spiro atoms. The first-order chi connectivity index (χ1) is 9.79. The first kappa shape index (κ1) is 16.5. The topological polar surface area (TPSA) is 42.0 Å². The molecular weight excluding hydrogens is 373 g/mol. The van der Waals surface area contributed by atoms with Gasteiger partial charge in [0.1, 0.15) is 0 Å². The molecule has 8 heteroatoms. The van der Waals surface area contributed by atoms with Crippen LogP contribution in [-0.2, 0) is 4.79 Å². The molecule has 1 aromatic heterocycles. The summed E-state index contributed by atoms with van der Waals surface area (Å²) in [5.74, 6) is -3.32. The number of pyridine rings is 1. The van der Waals surface area contributed by atoms with Crippen LogP contribution in [0.2, 0.25) is 5.15 Å². The van der Waals surface area contributed by atoms with Crippen molar-refractivity contribution in [1.82, 2.24) is 4.98 Å². The number of alkyl halides is 3. The van der Waals surface area contributed by atoms with Crippen LogP contribution in [0.3, 0.4) is 0 Å². The number of nitrogens with one attached hydrogen (secondary N) is 1. The fourth-order valence-electron chi connectivity index (χ4n) is 2.57. The molecule has 0 bridgehead atoms. The molecule has 1 N–H and O–H groups in total. The van der Waals surface area contributed by atoms with Gasteiger partial charge in [-0.05, 0) is 34.8 Å². The molecule has 1 aromatic rings. The standard InChI is InChI=1S/C13H13BrClF3N2O/c14-7-5-10(11(15)19-6-7)20-12(21)8-3-1-2-4-9(8)13(16,17)18/h5-6,8-9H,1-4H2,(H,20,21). The van der Waals surface area contributed by atoms with Crippen molar-refractivity contribution in [3.63, 3.8) is 0 Å². The Labute approximate surface area is 133 Å². The van der Waals surface area contributed by atoms with Gasteiger partial charge in [-0.1, -0.05) is 24.4 Å². The molecule has 2 atom stereocenters. The van der Waals surface area contributed by atoms with E-state index in [1.54, 1.807) is 0 Å². The van der Waals surface area contributed by atoms with Crippen LogP contribution >= 0.6 is 27.5 Å². The zero-order valence-electron chi connectivity index (χ0n) is 10.9. The summed E-state index contributed by atoms with van der Waals surface area (Å²) in [6, 6.07) is 1.51. The zero-order valence-corrected chi connectivity index (χ0v) is 13.2. The second-order valence-corrected chi connectivity index (χ2v) is 6.29. The maximum Gasteiger partial charge on any atom is 0.392 e. The minimum atomic E-state index is -4.36. The molecule has 2 unspecified atom stereocenters. The molecule has 21 heavy (non-hydrogen) atoms. The first-order valence-corrected chi connectivity index (χ1v) is 7.65. The molecule has 0 radical (unpaired) electrons. The highest BCUT2D eigenvalue weighted by atomic mass is 79.9. The van der Waals surface area contributed by atoms with Crippen LogP contribution in [0.15, 0.2) is 16.7 Å². The van der Waals surface area contributed by atoms with Gasteiger partial charge in [-0.25, -0.2) is 4.98 Å². The van der Waals surface area contributed by atoms with Crippen LogP contribution in [0.5, 0.6) is 0 Å². The molecule has 1 aliphatic carbocycles. The Morgan fingerprint density at radius 3 is 2.71 bits per heavy atom. The van der Waals surface area contributed by atoms with Crippen LogP contribution in [0.4, 0.5) is 18.9 Å². The fraction of sp³-hybridized carbons (Fsp3) is 0.538. The number of nitrogens with zero attached hydrogens (tertiary/aromatic N) is 1. The average molecular weight is 386 g/mol. The second-order valence-electron chi connectivity index (χ2n) is 5.02. The Hall–Kier alpha value is -0.820. The van der Waals surface area contributed by atoms with Crippen LogP contribution in [0, 0.1) is 11.8 Å².